The van der Waals surface area contributed by atoms with Gasteiger partial charge in [-0.25, -0.2) is 0 Å². The summed E-state index contributed by atoms with van der Waals surface area (Å²) >= 11 is 5.55. The lowest BCUT2D eigenvalue weighted by Crippen LogP contribution is -2.13. The lowest BCUT2D eigenvalue weighted by Gasteiger charge is -2.21. The van der Waals surface area contributed by atoms with Crippen molar-refractivity contribution in [3.8, 4) is 0 Å². The van der Waals surface area contributed by atoms with Gasteiger partial charge < -0.3 is 4.98 Å². The Morgan fingerprint density at radius 3 is 2.47 bits per heavy atom. The second kappa shape index (κ2) is 5.12. The van der Waals surface area contributed by atoms with E-state index in [9.17, 15) is 0 Å². The van der Waals surface area contributed by atoms with Crippen molar-refractivity contribution in [2.24, 2.45) is 7.05 Å². The predicted octanol–water partition coefficient (Wildman–Crippen LogP) is 4.03. The van der Waals surface area contributed by atoms with Gasteiger partial charge in [0.2, 0.25) is 0 Å². The van der Waals surface area contributed by atoms with Gasteiger partial charge in [-0.3, -0.25) is 9.25 Å². The molecule has 1 fully saturated rings. The van der Waals surface area contributed by atoms with Gasteiger partial charge in [0.1, 0.15) is 5.52 Å². The molecule has 1 aliphatic rings. The summed E-state index contributed by atoms with van der Waals surface area (Å²) in [6.07, 6.45) is 9.23. The number of hydrogen-bond donors (Lipinski definition) is 1. The van der Waals surface area contributed by atoms with E-state index in [2.05, 4.69) is 14.6 Å². The molecule has 0 bridgehead atoms. The summed E-state index contributed by atoms with van der Waals surface area (Å²) in [7, 11) is 2.01. The topological polar surface area (TPSA) is 38.5 Å². The maximum atomic E-state index is 5.55. The fraction of sp³-hybridized carbons (Fsp3) is 0.714. The molecule has 0 amide bonds. The number of H-pyrrole nitrogens is 1. The molecule has 104 valence electrons. The fourth-order valence-electron chi connectivity index (χ4n) is 3.36. The molecule has 3 rings (SSSR count). The summed E-state index contributed by atoms with van der Waals surface area (Å²) in [4.78, 5) is 3.34. The molecule has 1 saturated carbocycles. The zero-order chi connectivity index (χ0) is 13.4. The van der Waals surface area contributed by atoms with Crippen molar-refractivity contribution in [1.29, 1.82) is 0 Å². The van der Waals surface area contributed by atoms with Gasteiger partial charge in [0.05, 0.1) is 5.69 Å². The summed E-state index contributed by atoms with van der Waals surface area (Å²) in [5.74, 6) is 0. The van der Waals surface area contributed by atoms with Crippen LogP contribution in [0, 0.1) is 11.7 Å². The summed E-state index contributed by atoms with van der Waals surface area (Å²) in [6, 6.07) is 0.538. The van der Waals surface area contributed by atoms with Crippen LogP contribution in [-0.4, -0.2) is 19.3 Å². The van der Waals surface area contributed by atoms with Gasteiger partial charge in [0.25, 0.3) is 0 Å². The van der Waals surface area contributed by atoms with Crippen LogP contribution < -0.4 is 0 Å². The standard InChI is InChI=1S/C14H22N4S/c1-10-12-13(17(2)16-10)18(14(19)15-12)11-8-6-4-3-5-7-9-11/h11H,3-9H2,1-2H3,(H,15,19). The maximum absolute atomic E-state index is 5.55. The van der Waals surface area contributed by atoms with E-state index in [1.807, 2.05) is 18.7 Å². The molecule has 0 unspecified atom stereocenters. The van der Waals surface area contributed by atoms with Crippen LogP contribution in [-0.2, 0) is 7.05 Å². The minimum absolute atomic E-state index is 0.538. The zero-order valence-corrected chi connectivity index (χ0v) is 12.6. The third-order valence-electron chi connectivity index (χ3n) is 4.31. The predicted molar refractivity (Wildman–Crippen MR) is 80.0 cm³/mol. The van der Waals surface area contributed by atoms with Crippen molar-refractivity contribution in [1.82, 2.24) is 19.3 Å². The number of aryl methyl sites for hydroxylation is 2. The quantitative estimate of drug-likeness (QED) is 0.800. The Bertz CT molecular complexity index is 626. The largest absolute Gasteiger partial charge is 0.328 e. The highest BCUT2D eigenvalue weighted by Gasteiger charge is 2.20. The van der Waals surface area contributed by atoms with Crippen LogP contribution in [0.2, 0.25) is 0 Å². The highest BCUT2D eigenvalue weighted by Crippen LogP contribution is 2.30. The number of rotatable bonds is 1. The highest BCUT2D eigenvalue weighted by molar-refractivity contribution is 7.71. The normalized spacial score (nSPS) is 18.6. The Labute approximate surface area is 118 Å². The maximum Gasteiger partial charge on any atom is 0.179 e. The minimum Gasteiger partial charge on any atom is -0.328 e. The van der Waals surface area contributed by atoms with Crippen LogP contribution >= 0.6 is 12.2 Å². The summed E-state index contributed by atoms with van der Waals surface area (Å²) in [6.45, 7) is 2.04. The Morgan fingerprint density at radius 2 is 1.79 bits per heavy atom. The smallest absolute Gasteiger partial charge is 0.179 e. The molecule has 4 nitrogen and oxygen atoms in total. The van der Waals surface area contributed by atoms with E-state index in [0.29, 0.717) is 6.04 Å². The zero-order valence-electron chi connectivity index (χ0n) is 11.8. The Hall–Kier alpha value is -1.10. The number of aromatic amines is 1. The molecule has 2 aromatic rings. The first kappa shape index (κ1) is 12.9. The Balaban J connectivity index is 2.07. The van der Waals surface area contributed by atoms with E-state index in [-0.39, 0.29) is 0 Å². The van der Waals surface area contributed by atoms with Gasteiger partial charge in [-0.05, 0) is 32.0 Å². The van der Waals surface area contributed by atoms with E-state index < -0.39 is 0 Å². The Morgan fingerprint density at radius 1 is 1.16 bits per heavy atom. The van der Waals surface area contributed by atoms with Crippen molar-refractivity contribution in [3.63, 3.8) is 0 Å². The first-order valence-electron chi connectivity index (χ1n) is 7.32. The fourth-order valence-corrected chi connectivity index (χ4v) is 3.70. The monoisotopic (exact) mass is 278 g/mol. The molecule has 5 heteroatoms. The molecular weight excluding hydrogens is 256 g/mol. The van der Waals surface area contributed by atoms with E-state index in [4.69, 9.17) is 12.2 Å². The van der Waals surface area contributed by atoms with Crippen molar-refractivity contribution < 1.29 is 0 Å². The lowest BCUT2D eigenvalue weighted by molar-refractivity contribution is 0.372. The van der Waals surface area contributed by atoms with Crippen molar-refractivity contribution in [3.05, 3.63) is 10.5 Å². The molecule has 0 aromatic carbocycles. The molecule has 0 aliphatic heterocycles. The van der Waals surface area contributed by atoms with Crippen LogP contribution in [0.3, 0.4) is 0 Å². The number of nitrogens with zero attached hydrogens (tertiary/aromatic N) is 3. The van der Waals surface area contributed by atoms with Gasteiger partial charge in [-0.15, -0.1) is 0 Å². The van der Waals surface area contributed by atoms with Crippen molar-refractivity contribution >= 4 is 23.4 Å². The van der Waals surface area contributed by atoms with Crippen LogP contribution in [0.25, 0.3) is 11.2 Å². The van der Waals surface area contributed by atoms with E-state index in [0.717, 1.165) is 21.6 Å². The van der Waals surface area contributed by atoms with Gasteiger partial charge in [-0.2, -0.15) is 5.10 Å². The first-order valence-corrected chi connectivity index (χ1v) is 7.73. The molecule has 0 atom stereocenters. The number of fused-ring (bicyclic) bond motifs is 1. The molecule has 2 aromatic heterocycles. The summed E-state index contributed by atoms with van der Waals surface area (Å²) in [5, 5.41) is 4.51. The third kappa shape index (κ3) is 2.24. The highest BCUT2D eigenvalue weighted by atomic mass is 32.1. The third-order valence-corrected chi connectivity index (χ3v) is 4.61. The van der Waals surface area contributed by atoms with Gasteiger partial charge in [0.15, 0.2) is 10.4 Å². The van der Waals surface area contributed by atoms with Crippen LogP contribution in [0.1, 0.15) is 56.7 Å². The number of imidazole rings is 1. The van der Waals surface area contributed by atoms with Crippen molar-refractivity contribution in [2.75, 3.05) is 0 Å². The van der Waals surface area contributed by atoms with E-state index >= 15 is 0 Å². The van der Waals surface area contributed by atoms with E-state index in [1.165, 1.54) is 44.9 Å². The molecule has 0 radical (unpaired) electrons. The number of hydrogen-bond acceptors (Lipinski definition) is 2. The molecule has 0 spiro atoms. The van der Waals surface area contributed by atoms with Crippen molar-refractivity contribution in [2.45, 2.75) is 57.9 Å². The first-order chi connectivity index (χ1) is 9.18. The number of nitrogens with one attached hydrogen (secondary N) is 1. The Kier molecular flexibility index (Phi) is 3.48. The molecule has 19 heavy (non-hydrogen) atoms. The second-order valence-corrected chi connectivity index (χ2v) is 6.09. The second-order valence-electron chi connectivity index (χ2n) is 5.71. The van der Waals surface area contributed by atoms with Gasteiger partial charge >= 0.3 is 0 Å². The minimum atomic E-state index is 0.538. The lowest BCUT2D eigenvalue weighted by atomic mass is 9.96. The van der Waals surface area contributed by atoms with Crippen LogP contribution in [0.15, 0.2) is 0 Å². The molecule has 1 aliphatic carbocycles. The number of aromatic nitrogens is 4. The molecule has 2 heterocycles. The van der Waals surface area contributed by atoms with Gasteiger partial charge in [-0.1, -0.05) is 32.1 Å². The average Bonchev–Trinajstić information content (AvgIpc) is 2.78. The van der Waals surface area contributed by atoms with Gasteiger partial charge in [0, 0.05) is 13.1 Å². The van der Waals surface area contributed by atoms with Crippen LogP contribution in [0.5, 0.6) is 0 Å². The molecule has 1 N–H and O–H groups in total. The average molecular weight is 278 g/mol. The molecule has 0 saturated heterocycles. The van der Waals surface area contributed by atoms with Crippen LogP contribution in [0.4, 0.5) is 0 Å². The summed E-state index contributed by atoms with van der Waals surface area (Å²) < 4.78 is 5.14. The SMILES string of the molecule is Cc1nn(C)c2c1[nH]c(=S)n2C1CCCCCCC1. The summed E-state index contributed by atoms with van der Waals surface area (Å²) in [5.41, 5.74) is 3.30. The molecular formula is C14H22N4S. The van der Waals surface area contributed by atoms with E-state index in [1.54, 1.807) is 0 Å².